The van der Waals surface area contributed by atoms with Crippen molar-refractivity contribution in [2.75, 3.05) is 26.1 Å². The van der Waals surface area contributed by atoms with Crippen molar-refractivity contribution in [2.45, 2.75) is 11.4 Å². The summed E-state index contributed by atoms with van der Waals surface area (Å²) in [6.45, 7) is 0.559. The van der Waals surface area contributed by atoms with E-state index in [1.165, 1.54) is 11.8 Å². The SMILES string of the molecule is COc1ccc2c(c1)N(C)C(=C1SC(=NCc3ccccc3)N(C)C1=O)S2. The van der Waals surface area contributed by atoms with Gasteiger partial charge in [-0.15, -0.1) is 0 Å². The smallest absolute Gasteiger partial charge is 0.269 e. The third kappa shape index (κ3) is 3.33. The van der Waals surface area contributed by atoms with Crippen LogP contribution in [0.15, 0.2) is 68.4 Å². The molecular formula is C20H19N3O2S2. The molecule has 2 aliphatic heterocycles. The minimum Gasteiger partial charge on any atom is -0.497 e. The maximum absolute atomic E-state index is 12.8. The molecule has 2 aromatic carbocycles. The van der Waals surface area contributed by atoms with E-state index in [2.05, 4.69) is 9.89 Å². The maximum atomic E-state index is 12.8. The number of carbonyl (C=O) groups excluding carboxylic acids is 1. The largest absolute Gasteiger partial charge is 0.497 e. The molecule has 2 aliphatic rings. The molecule has 2 heterocycles. The zero-order valence-corrected chi connectivity index (χ0v) is 16.9. The Balaban J connectivity index is 1.62. The fraction of sp³-hybridized carbons (Fsp3) is 0.200. The summed E-state index contributed by atoms with van der Waals surface area (Å²) in [4.78, 5) is 23.0. The molecule has 1 fully saturated rings. The van der Waals surface area contributed by atoms with Crippen molar-refractivity contribution < 1.29 is 9.53 Å². The van der Waals surface area contributed by atoms with E-state index in [1.807, 2.05) is 55.6 Å². The number of amides is 1. The number of ether oxygens (including phenoxy) is 1. The van der Waals surface area contributed by atoms with E-state index in [9.17, 15) is 4.79 Å². The normalized spacial score (nSPS) is 20.6. The highest BCUT2D eigenvalue weighted by Gasteiger charge is 2.37. The van der Waals surface area contributed by atoms with Crippen LogP contribution in [-0.2, 0) is 11.3 Å². The van der Waals surface area contributed by atoms with Gasteiger partial charge >= 0.3 is 0 Å². The number of fused-ring (bicyclic) bond motifs is 1. The lowest BCUT2D eigenvalue weighted by Gasteiger charge is -2.15. The fourth-order valence-electron chi connectivity index (χ4n) is 2.91. The zero-order valence-electron chi connectivity index (χ0n) is 15.3. The average Bonchev–Trinajstić information content (AvgIpc) is 3.17. The second-order valence-electron chi connectivity index (χ2n) is 6.18. The van der Waals surface area contributed by atoms with Crippen molar-refractivity contribution in [3.8, 4) is 5.75 Å². The first kappa shape index (κ1) is 18.0. The highest BCUT2D eigenvalue weighted by Crippen LogP contribution is 2.50. The first-order valence-electron chi connectivity index (χ1n) is 8.46. The molecule has 0 bridgehead atoms. The monoisotopic (exact) mass is 397 g/mol. The molecule has 0 spiro atoms. The van der Waals surface area contributed by atoms with Crippen molar-refractivity contribution in [1.29, 1.82) is 0 Å². The van der Waals surface area contributed by atoms with Crippen LogP contribution in [-0.4, -0.2) is 37.2 Å². The van der Waals surface area contributed by atoms with Gasteiger partial charge < -0.3 is 9.64 Å². The van der Waals surface area contributed by atoms with Crippen LogP contribution in [0.5, 0.6) is 5.75 Å². The number of anilines is 1. The molecule has 0 radical (unpaired) electrons. The number of likely N-dealkylation sites (N-methyl/N-ethyl adjacent to an activating group) is 1. The topological polar surface area (TPSA) is 45.1 Å². The molecule has 138 valence electrons. The summed E-state index contributed by atoms with van der Waals surface area (Å²) in [5, 5.41) is 1.67. The summed E-state index contributed by atoms with van der Waals surface area (Å²) in [5.41, 5.74) is 2.17. The molecule has 5 nitrogen and oxygen atoms in total. The number of hydrogen-bond acceptors (Lipinski definition) is 6. The zero-order chi connectivity index (χ0) is 19.0. The van der Waals surface area contributed by atoms with Gasteiger partial charge in [0.1, 0.15) is 10.7 Å². The maximum Gasteiger partial charge on any atom is 0.269 e. The van der Waals surface area contributed by atoms with Crippen LogP contribution in [0.2, 0.25) is 0 Å². The second kappa shape index (κ2) is 7.32. The van der Waals surface area contributed by atoms with E-state index in [1.54, 1.807) is 30.8 Å². The third-order valence-electron chi connectivity index (χ3n) is 4.45. The number of aliphatic imine (C=N–C) groups is 1. The van der Waals surface area contributed by atoms with Gasteiger partial charge in [-0.2, -0.15) is 0 Å². The number of carbonyl (C=O) groups is 1. The van der Waals surface area contributed by atoms with Gasteiger partial charge in [-0.25, -0.2) is 0 Å². The summed E-state index contributed by atoms with van der Waals surface area (Å²) in [6, 6.07) is 16.0. The van der Waals surface area contributed by atoms with E-state index in [0.717, 1.165) is 32.1 Å². The number of thioether (sulfide) groups is 2. The molecular weight excluding hydrogens is 378 g/mol. The first-order valence-corrected chi connectivity index (χ1v) is 10.1. The summed E-state index contributed by atoms with van der Waals surface area (Å²) >= 11 is 3.05. The highest BCUT2D eigenvalue weighted by atomic mass is 32.2. The molecule has 1 amide bonds. The lowest BCUT2D eigenvalue weighted by molar-refractivity contribution is -0.121. The Hall–Kier alpha value is -2.38. The standard InChI is InChI=1S/C20H19N3O2S2/c1-22-15-11-14(25-3)9-10-16(15)26-19(22)17-18(24)23(2)20(27-17)21-12-13-7-5-4-6-8-13/h4-11H,12H2,1-3H3. The predicted octanol–water partition coefficient (Wildman–Crippen LogP) is 4.17. The Labute approximate surface area is 167 Å². The number of benzene rings is 2. The number of amidine groups is 1. The lowest BCUT2D eigenvalue weighted by atomic mass is 10.2. The molecule has 0 saturated carbocycles. The molecule has 0 aromatic heterocycles. The van der Waals surface area contributed by atoms with Crippen LogP contribution >= 0.6 is 23.5 Å². The Morgan fingerprint density at radius 1 is 1.04 bits per heavy atom. The predicted molar refractivity (Wildman–Crippen MR) is 112 cm³/mol. The number of methoxy groups -OCH3 is 1. The molecule has 0 unspecified atom stereocenters. The quantitative estimate of drug-likeness (QED) is 0.728. The van der Waals surface area contributed by atoms with Gasteiger partial charge in [-0.3, -0.25) is 14.7 Å². The van der Waals surface area contributed by atoms with E-state index >= 15 is 0 Å². The summed E-state index contributed by atoms with van der Waals surface area (Å²) < 4.78 is 5.33. The van der Waals surface area contributed by atoms with Gasteiger partial charge in [-0.1, -0.05) is 42.1 Å². The van der Waals surface area contributed by atoms with Gasteiger partial charge in [0.25, 0.3) is 5.91 Å². The first-order chi connectivity index (χ1) is 13.1. The lowest BCUT2D eigenvalue weighted by Crippen LogP contribution is -2.25. The molecule has 1 saturated heterocycles. The van der Waals surface area contributed by atoms with Gasteiger partial charge in [0.05, 0.1) is 24.4 Å². The number of rotatable bonds is 3. The second-order valence-corrected chi connectivity index (χ2v) is 8.19. The highest BCUT2D eigenvalue weighted by molar-refractivity contribution is 8.19. The minimum atomic E-state index is -0.0130. The van der Waals surface area contributed by atoms with Crippen molar-refractivity contribution in [3.05, 3.63) is 64.0 Å². The van der Waals surface area contributed by atoms with Crippen molar-refractivity contribution in [1.82, 2.24) is 4.90 Å². The Bertz CT molecular complexity index is 957. The molecule has 7 heteroatoms. The van der Waals surface area contributed by atoms with Gasteiger partial charge in [0.2, 0.25) is 0 Å². The minimum absolute atomic E-state index is 0.0130. The third-order valence-corrected chi connectivity index (χ3v) is 6.98. The van der Waals surface area contributed by atoms with Crippen LogP contribution in [0.3, 0.4) is 0 Å². The van der Waals surface area contributed by atoms with Crippen LogP contribution in [0.1, 0.15) is 5.56 Å². The van der Waals surface area contributed by atoms with E-state index < -0.39 is 0 Å². The summed E-state index contributed by atoms with van der Waals surface area (Å²) in [6.07, 6.45) is 0. The molecule has 2 aromatic rings. The van der Waals surface area contributed by atoms with E-state index in [0.29, 0.717) is 11.4 Å². The Morgan fingerprint density at radius 3 is 2.56 bits per heavy atom. The van der Waals surface area contributed by atoms with Crippen LogP contribution < -0.4 is 9.64 Å². The van der Waals surface area contributed by atoms with Crippen LogP contribution in [0, 0.1) is 0 Å². The van der Waals surface area contributed by atoms with Gasteiger partial charge in [-0.05, 0) is 29.5 Å². The van der Waals surface area contributed by atoms with E-state index in [4.69, 9.17) is 4.74 Å². The van der Waals surface area contributed by atoms with Gasteiger partial charge in [0, 0.05) is 25.1 Å². The molecule has 4 rings (SSSR count). The molecule has 0 atom stereocenters. The van der Waals surface area contributed by atoms with Crippen LogP contribution in [0.4, 0.5) is 5.69 Å². The summed E-state index contributed by atoms with van der Waals surface area (Å²) in [7, 11) is 5.42. The number of hydrogen-bond donors (Lipinski definition) is 0. The van der Waals surface area contributed by atoms with Crippen molar-refractivity contribution in [3.63, 3.8) is 0 Å². The number of nitrogens with zero attached hydrogens (tertiary/aromatic N) is 3. The Morgan fingerprint density at radius 2 is 1.81 bits per heavy atom. The fourth-order valence-corrected chi connectivity index (χ4v) is 5.20. The molecule has 0 N–H and O–H groups in total. The molecule has 0 aliphatic carbocycles. The van der Waals surface area contributed by atoms with Crippen molar-refractivity contribution >= 4 is 40.3 Å². The summed E-state index contributed by atoms with van der Waals surface area (Å²) in [5.74, 6) is 0.793. The van der Waals surface area contributed by atoms with Crippen molar-refractivity contribution in [2.24, 2.45) is 4.99 Å². The Kier molecular flexibility index (Phi) is 4.88. The average molecular weight is 398 g/mol. The van der Waals surface area contributed by atoms with Crippen LogP contribution in [0.25, 0.3) is 0 Å². The van der Waals surface area contributed by atoms with Gasteiger partial charge in [0.15, 0.2) is 5.17 Å². The molecule has 27 heavy (non-hydrogen) atoms. The van der Waals surface area contributed by atoms with E-state index in [-0.39, 0.29) is 5.91 Å².